The lowest BCUT2D eigenvalue weighted by Gasteiger charge is -2.22. The molecule has 1 fully saturated rings. The lowest BCUT2D eigenvalue weighted by Crippen LogP contribution is -2.38. The van der Waals surface area contributed by atoms with Gasteiger partial charge in [0.2, 0.25) is 0 Å². The van der Waals surface area contributed by atoms with Crippen molar-refractivity contribution in [1.29, 1.82) is 0 Å². The van der Waals surface area contributed by atoms with Crippen molar-refractivity contribution in [2.45, 2.75) is 31.2 Å². The Kier molecular flexibility index (Phi) is 4.15. The zero-order valence-electron chi connectivity index (χ0n) is 8.83. The van der Waals surface area contributed by atoms with Gasteiger partial charge in [-0.2, -0.15) is 13.2 Å². The summed E-state index contributed by atoms with van der Waals surface area (Å²) in [6, 6.07) is -0.762. The first-order valence-electron chi connectivity index (χ1n) is 4.90. The van der Waals surface area contributed by atoms with Crippen LogP contribution < -0.4 is 0 Å². The van der Waals surface area contributed by atoms with Gasteiger partial charge in [-0.15, -0.1) is 0 Å². The summed E-state index contributed by atoms with van der Waals surface area (Å²) < 4.78 is 40.5. The fraction of sp³-hybridized carbons (Fsp3) is 0.889. The highest BCUT2D eigenvalue weighted by molar-refractivity contribution is 5.76. The number of hydrogen-bond acceptors (Lipinski definition) is 4. The van der Waals surface area contributed by atoms with Gasteiger partial charge in [-0.05, 0) is 0 Å². The van der Waals surface area contributed by atoms with Crippen LogP contribution in [0.15, 0.2) is 0 Å². The zero-order chi connectivity index (χ0) is 12.3. The molecular formula is C9H14F3NO3. The van der Waals surface area contributed by atoms with Crippen LogP contribution in [0.4, 0.5) is 13.2 Å². The molecule has 7 heteroatoms. The average Bonchev–Trinajstić information content (AvgIpc) is 2.54. The van der Waals surface area contributed by atoms with Crippen LogP contribution in [0.25, 0.3) is 0 Å². The topological polar surface area (TPSA) is 49.8 Å². The van der Waals surface area contributed by atoms with Gasteiger partial charge in [0, 0.05) is 19.5 Å². The number of ether oxygens (including phenoxy) is 1. The molecule has 2 atom stereocenters. The van der Waals surface area contributed by atoms with Crippen molar-refractivity contribution in [3.05, 3.63) is 0 Å². The van der Waals surface area contributed by atoms with Crippen LogP contribution in [-0.4, -0.2) is 54.5 Å². The van der Waals surface area contributed by atoms with Gasteiger partial charge in [-0.1, -0.05) is 0 Å². The van der Waals surface area contributed by atoms with E-state index in [1.807, 2.05) is 0 Å². The van der Waals surface area contributed by atoms with Crippen molar-refractivity contribution in [3.8, 4) is 0 Å². The van der Waals surface area contributed by atoms with E-state index in [9.17, 15) is 23.1 Å². The molecule has 4 nitrogen and oxygen atoms in total. The number of β-amino-alcohol motifs (C(OH)–C–C–N with tert-alkyl or cyclic N) is 1. The molecule has 1 saturated heterocycles. The monoisotopic (exact) mass is 241 g/mol. The molecule has 0 radical (unpaired) electrons. The number of carbonyl (C=O) groups is 1. The average molecular weight is 241 g/mol. The predicted molar refractivity (Wildman–Crippen MR) is 48.7 cm³/mol. The number of alkyl halides is 3. The van der Waals surface area contributed by atoms with Crippen LogP contribution in [0, 0.1) is 0 Å². The molecule has 0 amide bonds. The highest BCUT2D eigenvalue weighted by Gasteiger charge is 2.38. The summed E-state index contributed by atoms with van der Waals surface area (Å²) in [5.41, 5.74) is 0. The van der Waals surface area contributed by atoms with Crippen molar-refractivity contribution in [1.82, 2.24) is 4.90 Å². The number of esters is 1. The Labute approximate surface area is 91.0 Å². The van der Waals surface area contributed by atoms with Crippen molar-refractivity contribution in [2.75, 3.05) is 20.2 Å². The van der Waals surface area contributed by atoms with Crippen molar-refractivity contribution >= 4 is 5.97 Å². The molecule has 0 aromatic heterocycles. The van der Waals surface area contributed by atoms with Crippen LogP contribution in [0.3, 0.4) is 0 Å². The second-order valence-corrected chi connectivity index (χ2v) is 3.79. The van der Waals surface area contributed by atoms with Gasteiger partial charge < -0.3 is 9.84 Å². The first-order chi connectivity index (χ1) is 7.33. The third-order valence-corrected chi connectivity index (χ3v) is 2.54. The predicted octanol–water partition coefficient (Wildman–Crippen LogP) is 0.547. The summed E-state index contributed by atoms with van der Waals surface area (Å²) in [6.45, 7) is -0.212. The second-order valence-electron chi connectivity index (χ2n) is 3.79. The zero-order valence-corrected chi connectivity index (χ0v) is 8.83. The van der Waals surface area contributed by atoms with Gasteiger partial charge in [-0.25, -0.2) is 0 Å². The number of hydrogen-bond donors (Lipinski definition) is 1. The molecule has 2 unspecified atom stereocenters. The van der Waals surface area contributed by atoms with E-state index in [-0.39, 0.29) is 19.5 Å². The number of rotatable bonds is 3. The first kappa shape index (κ1) is 13.2. The van der Waals surface area contributed by atoms with Crippen LogP contribution in [0.5, 0.6) is 0 Å². The molecule has 16 heavy (non-hydrogen) atoms. The van der Waals surface area contributed by atoms with E-state index in [0.717, 1.165) is 0 Å². The third kappa shape index (κ3) is 3.64. The number of halogens is 3. The molecule has 1 N–H and O–H groups in total. The number of aliphatic hydroxyl groups is 1. The van der Waals surface area contributed by atoms with Crippen LogP contribution >= 0.6 is 0 Å². The molecule has 1 rings (SSSR count). The summed E-state index contributed by atoms with van der Waals surface area (Å²) in [5.74, 6) is -0.598. The van der Waals surface area contributed by atoms with Gasteiger partial charge in [0.25, 0.3) is 0 Å². The molecule has 94 valence electrons. The molecular weight excluding hydrogens is 227 g/mol. The molecule has 0 bridgehead atoms. The summed E-state index contributed by atoms with van der Waals surface area (Å²) >= 11 is 0. The Morgan fingerprint density at radius 2 is 2.19 bits per heavy atom. The lowest BCUT2D eigenvalue weighted by atomic mass is 10.2. The number of likely N-dealkylation sites (tertiary alicyclic amines) is 1. The van der Waals surface area contributed by atoms with E-state index in [1.165, 1.54) is 12.0 Å². The van der Waals surface area contributed by atoms with Gasteiger partial charge in [0.05, 0.1) is 19.6 Å². The van der Waals surface area contributed by atoms with Crippen molar-refractivity contribution < 1.29 is 27.8 Å². The van der Waals surface area contributed by atoms with E-state index >= 15 is 0 Å². The largest absolute Gasteiger partial charge is 0.468 e. The summed E-state index contributed by atoms with van der Waals surface area (Å²) in [7, 11) is 1.18. The Balaban J connectivity index is 2.53. The van der Waals surface area contributed by atoms with Gasteiger partial charge >= 0.3 is 12.1 Å². The quantitative estimate of drug-likeness (QED) is 0.733. The second kappa shape index (κ2) is 5.01. The maximum atomic E-state index is 12.0. The maximum absolute atomic E-state index is 12.0. The molecule has 0 spiro atoms. The minimum absolute atomic E-state index is 0.0792. The van der Waals surface area contributed by atoms with E-state index < -0.39 is 30.7 Å². The van der Waals surface area contributed by atoms with Crippen LogP contribution in [-0.2, 0) is 9.53 Å². The fourth-order valence-electron chi connectivity index (χ4n) is 1.78. The van der Waals surface area contributed by atoms with Gasteiger partial charge in [-0.3, -0.25) is 9.69 Å². The number of nitrogens with zero attached hydrogens (tertiary/aromatic N) is 1. The molecule has 1 aliphatic heterocycles. The first-order valence-corrected chi connectivity index (χ1v) is 4.90. The van der Waals surface area contributed by atoms with Crippen LogP contribution in [0.2, 0.25) is 0 Å². The van der Waals surface area contributed by atoms with E-state index in [4.69, 9.17) is 0 Å². The Hall–Kier alpha value is -0.820. The van der Waals surface area contributed by atoms with E-state index in [1.54, 1.807) is 0 Å². The normalized spacial score (nSPS) is 27.1. The third-order valence-electron chi connectivity index (χ3n) is 2.54. The standard InChI is InChI=1S/C9H14F3NO3/c1-16-8(15)7-4-6(14)5-13(7)3-2-9(10,11)12/h6-7,14H,2-5H2,1H3. The Bertz CT molecular complexity index is 257. The number of carbonyl (C=O) groups excluding carboxylic acids is 1. The lowest BCUT2D eigenvalue weighted by molar-refractivity contribution is -0.150. The van der Waals surface area contributed by atoms with Crippen molar-refractivity contribution in [3.63, 3.8) is 0 Å². The highest BCUT2D eigenvalue weighted by atomic mass is 19.4. The van der Waals surface area contributed by atoms with Crippen LogP contribution in [0.1, 0.15) is 12.8 Å². The molecule has 1 aliphatic rings. The Morgan fingerprint density at radius 3 is 2.69 bits per heavy atom. The van der Waals surface area contributed by atoms with Crippen molar-refractivity contribution in [2.24, 2.45) is 0 Å². The SMILES string of the molecule is COC(=O)C1CC(O)CN1CCC(F)(F)F. The molecule has 1 heterocycles. The molecule has 0 saturated carbocycles. The molecule has 0 aromatic rings. The molecule has 0 aromatic carbocycles. The maximum Gasteiger partial charge on any atom is 0.390 e. The number of aliphatic hydroxyl groups excluding tert-OH is 1. The minimum atomic E-state index is -4.26. The van der Waals surface area contributed by atoms with E-state index in [2.05, 4.69) is 4.74 Å². The number of methoxy groups -OCH3 is 1. The summed E-state index contributed by atoms with van der Waals surface area (Å²) in [4.78, 5) is 12.5. The smallest absolute Gasteiger partial charge is 0.390 e. The highest BCUT2D eigenvalue weighted by Crippen LogP contribution is 2.24. The Morgan fingerprint density at radius 1 is 1.56 bits per heavy atom. The van der Waals surface area contributed by atoms with Gasteiger partial charge in [0.1, 0.15) is 6.04 Å². The van der Waals surface area contributed by atoms with Gasteiger partial charge in [0.15, 0.2) is 0 Å². The fourth-order valence-corrected chi connectivity index (χ4v) is 1.78. The minimum Gasteiger partial charge on any atom is -0.468 e. The molecule has 0 aliphatic carbocycles. The summed E-state index contributed by atoms with van der Waals surface area (Å²) in [6.07, 6.45) is -5.89. The van der Waals surface area contributed by atoms with E-state index in [0.29, 0.717) is 0 Å². The summed E-state index contributed by atoms with van der Waals surface area (Å²) in [5, 5.41) is 9.31.